The molecule has 0 fully saturated rings. The second-order valence-corrected chi connectivity index (χ2v) is 5.99. The van der Waals surface area contributed by atoms with E-state index < -0.39 is 5.97 Å². The van der Waals surface area contributed by atoms with Crippen LogP contribution in [-0.4, -0.2) is 11.1 Å². The van der Waals surface area contributed by atoms with E-state index in [0.29, 0.717) is 0 Å². The third-order valence-corrected chi connectivity index (χ3v) is 3.29. The summed E-state index contributed by atoms with van der Waals surface area (Å²) in [6, 6.07) is 0. The molecular formula is C17H30O2. The molecule has 0 aromatic carbocycles. The van der Waals surface area contributed by atoms with Crippen molar-refractivity contribution in [1.82, 2.24) is 0 Å². The van der Waals surface area contributed by atoms with E-state index in [0.717, 1.165) is 23.8 Å². The molecule has 2 nitrogen and oxygen atoms in total. The average molecular weight is 266 g/mol. The molecule has 0 saturated carbocycles. The molecule has 0 aliphatic rings. The number of rotatable bonds is 10. The van der Waals surface area contributed by atoms with Crippen LogP contribution in [0.2, 0.25) is 0 Å². The van der Waals surface area contributed by atoms with Gasteiger partial charge in [-0.25, -0.2) is 4.79 Å². The van der Waals surface area contributed by atoms with E-state index in [1.54, 1.807) is 0 Å². The summed E-state index contributed by atoms with van der Waals surface area (Å²) in [5.74, 6) is 0.712. The minimum atomic E-state index is -0.874. The predicted octanol–water partition coefficient (Wildman–Crippen LogP) is 5.21. The SMILES string of the molecule is CC(/C=C/CCC(C)CCCCC(C)C)=C\C(=O)O. The molecule has 110 valence electrons. The first kappa shape index (κ1) is 17.9. The Kier molecular flexibility index (Phi) is 10.2. The van der Waals surface area contributed by atoms with E-state index in [9.17, 15) is 4.79 Å². The number of allylic oxidation sites excluding steroid dienone is 3. The Morgan fingerprint density at radius 1 is 1.11 bits per heavy atom. The topological polar surface area (TPSA) is 37.3 Å². The van der Waals surface area contributed by atoms with E-state index in [4.69, 9.17) is 5.11 Å². The van der Waals surface area contributed by atoms with Crippen molar-refractivity contribution in [3.8, 4) is 0 Å². The monoisotopic (exact) mass is 266 g/mol. The Hall–Kier alpha value is -1.05. The minimum Gasteiger partial charge on any atom is -0.478 e. The van der Waals surface area contributed by atoms with E-state index in [-0.39, 0.29) is 0 Å². The van der Waals surface area contributed by atoms with Crippen molar-refractivity contribution in [2.24, 2.45) is 11.8 Å². The Morgan fingerprint density at radius 3 is 2.32 bits per heavy atom. The first-order valence-corrected chi connectivity index (χ1v) is 7.49. The van der Waals surface area contributed by atoms with Crippen LogP contribution in [-0.2, 0) is 4.79 Å². The zero-order chi connectivity index (χ0) is 14.7. The zero-order valence-corrected chi connectivity index (χ0v) is 13.0. The third-order valence-electron chi connectivity index (χ3n) is 3.29. The van der Waals surface area contributed by atoms with Crippen molar-refractivity contribution in [1.29, 1.82) is 0 Å². The van der Waals surface area contributed by atoms with Crippen molar-refractivity contribution in [3.05, 3.63) is 23.8 Å². The van der Waals surface area contributed by atoms with E-state index in [2.05, 4.69) is 26.8 Å². The second-order valence-electron chi connectivity index (χ2n) is 5.99. The molecule has 0 spiro atoms. The molecule has 0 amide bonds. The maximum atomic E-state index is 10.4. The van der Waals surface area contributed by atoms with Gasteiger partial charge in [0, 0.05) is 6.08 Å². The first-order valence-electron chi connectivity index (χ1n) is 7.49. The van der Waals surface area contributed by atoms with Gasteiger partial charge >= 0.3 is 5.97 Å². The number of aliphatic carboxylic acids is 1. The van der Waals surface area contributed by atoms with E-state index >= 15 is 0 Å². The maximum Gasteiger partial charge on any atom is 0.328 e. The van der Waals surface area contributed by atoms with Gasteiger partial charge in [-0.15, -0.1) is 0 Å². The molecule has 0 aromatic heterocycles. The molecule has 0 radical (unpaired) electrons. The molecule has 1 N–H and O–H groups in total. The molecule has 1 unspecified atom stereocenters. The second kappa shape index (κ2) is 10.8. The Morgan fingerprint density at radius 2 is 1.74 bits per heavy atom. The molecule has 19 heavy (non-hydrogen) atoms. The van der Waals surface area contributed by atoms with Crippen molar-refractivity contribution in [2.45, 2.75) is 66.2 Å². The van der Waals surface area contributed by atoms with Gasteiger partial charge in [0.25, 0.3) is 0 Å². The smallest absolute Gasteiger partial charge is 0.328 e. The van der Waals surface area contributed by atoms with Crippen molar-refractivity contribution in [3.63, 3.8) is 0 Å². The molecule has 0 aliphatic carbocycles. The van der Waals surface area contributed by atoms with Gasteiger partial charge in [0.15, 0.2) is 0 Å². The van der Waals surface area contributed by atoms with Crippen LogP contribution < -0.4 is 0 Å². The van der Waals surface area contributed by atoms with Crippen molar-refractivity contribution >= 4 is 5.97 Å². The number of carbonyl (C=O) groups is 1. The summed E-state index contributed by atoms with van der Waals surface area (Å²) in [7, 11) is 0. The standard InChI is InChI=1S/C17H30O2/c1-14(2)9-5-6-10-15(3)11-7-8-12-16(4)13-17(18)19/h8,12-15H,5-7,9-11H2,1-4H3,(H,18,19)/b12-8+,16-13+. The molecule has 0 bridgehead atoms. The van der Waals surface area contributed by atoms with Crippen molar-refractivity contribution in [2.75, 3.05) is 0 Å². The Labute approximate surface area is 118 Å². The Bertz CT molecular complexity index is 300. The van der Waals surface area contributed by atoms with Crippen LogP contribution >= 0.6 is 0 Å². The lowest BCUT2D eigenvalue weighted by Gasteiger charge is -2.10. The highest BCUT2D eigenvalue weighted by molar-refractivity contribution is 5.81. The largest absolute Gasteiger partial charge is 0.478 e. The summed E-state index contributed by atoms with van der Waals surface area (Å²) in [5.41, 5.74) is 0.803. The molecule has 0 saturated heterocycles. The van der Waals surface area contributed by atoms with Gasteiger partial charge in [0.05, 0.1) is 0 Å². The molecule has 1 atom stereocenters. The van der Waals surface area contributed by atoms with E-state index in [1.165, 1.54) is 38.2 Å². The lowest BCUT2D eigenvalue weighted by atomic mass is 9.96. The molecule has 0 aliphatic heterocycles. The lowest BCUT2D eigenvalue weighted by molar-refractivity contribution is -0.131. The summed E-state index contributed by atoms with van der Waals surface area (Å²) in [6.45, 7) is 8.69. The fourth-order valence-electron chi connectivity index (χ4n) is 2.08. The third kappa shape index (κ3) is 13.2. The van der Waals surface area contributed by atoms with Crippen LogP contribution in [0.3, 0.4) is 0 Å². The summed E-state index contributed by atoms with van der Waals surface area (Å²) in [4.78, 5) is 10.4. The summed E-state index contributed by atoms with van der Waals surface area (Å²) in [6.07, 6.45) is 12.8. The molecular weight excluding hydrogens is 236 g/mol. The van der Waals surface area contributed by atoms with Gasteiger partial charge in [0.2, 0.25) is 0 Å². The van der Waals surface area contributed by atoms with Crippen LogP contribution in [0.25, 0.3) is 0 Å². The summed E-state index contributed by atoms with van der Waals surface area (Å²) < 4.78 is 0. The Balaban J connectivity index is 3.65. The lowest BCUT2D eigenvalue weighted by Crippen LogP contribution is -1.95. The van der Waals surface area contributed by atoms with Crippen LogP contribution in [0.4, 0.5) is 0 Å². The van der Waals surface area contributed by atoms with Crippen molar-refractivity contribution < 1.29 is 9.90 Å². The van der Waals surface area contributed by atoms with E-state index in [1.807, 2.05) is 13.0 Å². The summed E-state index contributed by atoms with van der Waals surface area (Å²) >= 11 is 0. The van der Waals surface area contributed by atoms with Gasteiger partial charge in [-0.3, -0.25) is 0 Å². The van der Waals surface area contributed by atoms with Crippen LogP contribution in [0.5, 0.6) is 0 Å². The number of hydrogen-bond donors (Lipinski definition) is 1. The predicted molar refractivity (Wildman–Crippen MR) is 82.2 cm³/mol. The van der Waals surface area contributed by atoms with Gasteiger partial charge in [-0.2, -0.15) is 0 Å². The summed E-state index contributed by atoms with van der Waals surface area (Å²) in [5, 5.41) is 8.58. The molecule has 0 aromatic rings. The van der Waals surface area contributed by atoms with Crippen LogP contribution in [0.1, 0.15) is 66.2 Å². The normalized spacial score (nSPS) is 14.3. The number of hydrogen-bond acceptors (Lipinski definition) is 1. The first-order chi connectivity index (χ1) is 8.91. The molecule has 0 heterocycles. The number of carboxylic acid groups (broad SMARTS) is 1. The highest BCUT2D eigenvalue weighted by atomic mass is 16.4. The fourth-order valence-corrected chi connectivity index (χ4v) is 2.08. The van der Waals surface area contributed by atoms with Gasteiger partial charge in [0.1, 0.15) is 0 Å². The van der Waals surface area contributed by atoms with Gasteiger partial charge in [-0.1, -0.05) is 58.6 Å². The molecule has 0 rings (SSSR count). The quantitative estimate of drug-likeness (QED) is 0.335. The van der Waals surface area contributed by atoms with Gasteiger partial charge < -0.3 is 5.11 Å². The fraction of sp³-hybridized carbons (Fsp3) is 0.706. The maximum absolute atomic E-state index is 10.4. The molecule has 2 heteroatoms. The zero-order valence-electron chi connectivity index (χ0n) is 13.0. The van der Waals surface area contributed by atoms with Gasteiger partial charge in [-0.05, 0) is 37.2 Å². The van der Waals surface area contributed by atoms with Crippen LogP contribution in [0, 0.1) is 11.8 Å². The number of carboxylic acids is 1. The average Bonchev–Trinajstić information content (AvgIpc) is 2.29. The highest BCUT2D eigenvalue weighted by Gasteiger charge is 2.01. The minimum absolute atomic E-state index is 0.764. The van der Waals surface area contributed by atoms with Crippen LogP contribution in [0.15, 0.2) is 23.8 Å². The highest BCUT2D eigenvalue weighted by Crippen LogP contribution is 2.17. The number of unbranched alkanes of at least 4 members (excludes halogenated alkanes) is 1.